The zero-order valence-corrected chi connectivity index (χ0v) is 17.3. The summed E-state index contributed by atoms with van der Waals surface area (Å²) < 4.78 is 16.6. The SMILES string of the molecule is C#CCOc1cc(CN=C(NCC)NCc2ccccc2OCC)ccc1OC. The molecule has 0 atom stereocenters. The van der Waals surface area contributed by atoms with E-state index in [0.29, 0.717) is 31.2 Å². The number of guanidine groups is 1. The van der Waals surface area contributed by atoms with Crippen LogP contribution in [-0.4, -0.2) is 32.8 Å². The van der Waals surface area contributed by atoms with Gasteiger partial charge in [-0.25, -0.2) is 4.99 Å². The Morgan fingerprint density at radius 1 is 1.03 bits per heavy atom. The Bertz CT molecular complexity index is 844. The van der Waals surface area contributed by atoms with E-state index in [-0.39, 0.29) is 6.61 Å². The van der Waals surface area contributed by atoms with Crippen molar-refractivity contribution in [2.75, 3.05) is 26.9 Å². The van der Waals surface area contributed by atoms with Crippen LogP contribution in [0.1, 0.15) is 25.0 Å². The number of aliphatic imine (C=N–C) groups is 1. The first-order valence-corrected chi connectivity index (χ1v) is 9.67. The number of benzene rings is 2. The maximum absolute atomic E-state index is 5.69. The molecule has 6 nitrogen and oxygen atoms in total. The third kappa shape index (κ3) is 6.96. The lowest BCUT2D eigenvalue weighted by Crippen LogP contribution is -2.36. The normalized spacial score (nSPS) is 10.8. The molecule has 0 unspecified atom stereocenters. The topological polar surface area (TPSA) is 64.1 Å². The average Bonchev–Trinajstić information content (AvgIpc) is 2.75. The molecule has 2 aromatic rings. The number of nitrogens with zero attached hydrogens (tertiary/aromatic N) is 1. The van der Waals surface area contributed by atoms with Crippen LogP contribution in [0.5, 0.6) is 17.2 Å². The smallest absolute Gasteiger partial charge is 0.191 e. The van der Waals surface area contributed by atoms with Crippen LogP contribution in [0.15, 0.2) is 47.5 Å². The molecule has 154 valence electrons. The zero-order valence-electron chi connectivity index (χ0n) is 17.3. The van der Waals surface area contributed by atoms with Crippen LogP contribution < -0.4 is 24.8 Å². The Kier molecular flexibility index (Phi) is 9.23. The molecule has 29 heavy (non-hydrogen) atoms. The summed E-state index contributed by atoms with van der Waals surface area (Å²) in [6.45, 7) is 6.69. The van der Waals surface area contributed by atoms with Crippen molar-refractivity contribution in [3.05, 3.63) is 53.6 Å². The second-order valence-electron chi connectivity index (χ2n) is 6.07. The lowest BCUT2D eigenvalue weighted by atomic mass is 10.2. The fourth-order valence-electron chi connectivity index (χ4n) is 2.69. The minimum atomic E-state index is 0.187. The Hall–Kier alpha value is -3.33. The van der Waals surface area contributed by atoms with Gasteiger partial charge in [-0.1, -0.05) is 30.2 Å². The Morgan fingerprint density at radius 2 is 1.86 bits per heavy atom. The maximum atomic E-state index is 5.69. The number of nitrogens with one attached hydrogen (secondary N) is 2. The van der Waals surface area contributed by atoms with Crippen LogP contribution in [-0.2, 0) is 13.1 Å². The van der Waals surface area contributed by atoms with E-state index in [1.807, 2.05) is 56.3 Å². The molecule has 0 bridgehead atoms. The van der Waals surface area contributed by atoms with Crippen molar-refractivity contribution in [1.29, 1.82) is 0 Å². The fraction of sp³-hybridized carbons (Fsp3) is 0.348. The molecule has 0 aliphatic carbocycles. The minimum Gasteiger partial charge on any atom is -0.494 e. The molecule has 0 aliphatic heterocycles. The highest BCUT2D eigenvalue weighted by atomic mass is 16.5. The van der Waals surface area contributed by atoms with Crippen molar-refractivity contribution in [2.45, 2.75) is 26.9 Å². The summed E-state index contributed by atoms with van der Waals surface area (Å²) >= 11 is 0. The first kappa shape index (κ1) is 22.0. The van der Waals surface area contributed by atoms with Gasteiger partial charge in [-0.3, -0.25) is 0 Å². The molecule has 2 N–H and O–H groups in total. The molecule has 0 fully saturated rings. The largest absolute Gasteiger partial charge is 0.494 e. The van der Waals surface area contributed by atoms with Crippen molar-refractivity contribution in [3.8, 4) is 29.6 Å². The van der Waals surface area contributed by atoms with Crippen molar-refractivity contribution in [3.63, 3.8) is 0 Å². The third-order valence-corrected chi connectivity index (χ3v) is 4.02. The van der Waals surface area contributed by atoms with Crippen molar-refractivity contribution < 1.29 is 14.2 Å². The Labute approximate surface area is 173 Å². The zero-order chi connectivity index (χ0) is 20.9. The Balaban J connectivity index is 2.08. The summed E-state index contributed by atoms with van der Waals surface area (Å²) in [6.07, 6.45) is 5.29. The molecule has 0 heterocycles. The molecule has 0 aromatic heterocycles. The van der Waals surface area contributed by atoms with E-state index in [0.717, 1.165) is 29.4 Å². The Morgan fingerprint density at radius 3 is 2.59 bits per heavy atom. The molecular weight excluding hydrogens is 366 g/mol. The second kappa shape index (κ2) is 12.2. The number of ether oxygens (including phenoxy) is 3. The molecule has 2 rings (SSSR count). The van der Waals surface area contributed by atoms with Crippen LogP contribution in [0.2, 0.25) is 0 Å². The number of terminal acetylenes is 1. The van der Waals surface area contributed by atoms with E-state index in [4.69, 9.17) is 20.6 Å². The highest BCUT2D eigenvalue weighted by Gasteiger charge is 2.07. The summed E-state index contributed by atoms with van der Waals surface area (Å²) in [5.41, 5.74) is 2.07. The number of hydrogen-bond donors (Lipinski definition) is 2. The number of rotatable bonds is 10. The number of para-hydroxylation sites is 1. The van der Waals surface area contributed by atoms with Gasteiger partial charge in [0.1, 0.15) is 12.4 Å². The number of methoxy groups -OCH3 is 1. The standard InChI is InChI=1S/C23H29N3O3/c1-5-14-29-22-15-18(12-13-21(22)27-4)16-25-23(24-6-2)26-17-19-10-8-9-11-20(19)28-7-3/h1,8-13,15H,6-7,14,16-17H2,2-4H3,(H2,24,25,26). The first-order chi connectivity index (χ1) is 14.2. The van der Waals surface area contributed by atoms with Crippen molar-refractivity contribution in [1.82, 2.24) is 10.6 Å². The minimum absolute atomic E-state index is 0.187. The summed E-state index contributed by atoms with van der Waals surface area (Å²) in [7, 11) is 1.60. The molecule has 0 saturated carbocycles. The van der Waals surface area contributed by atoms with Gasteiger partial charge in [0.05, 0.1) is 20.3 Å². The van der Waals surface area contributed by atoms with E-state index < -0.39 is 0 Å². The van der Waals surface area contributed by atoms with Crippen LogP contribution in [0.25, 0.3) is 0 Å². The fourth-order valence-corrected chi connectivity index (χ4v) is 2.69. The van der Waals surface area contributed by atoms with Crippen LogP contribution in [0.3, 0.4) is 0 Å². The molecule has 6 heteroatoms. The average molecular weight is 396 g/mol. The highest BCUT2D eigenvalue weighted by molar-refractivity contribution is 5.79. The van der Waals surface area contributed by atoms with Gasteiger partial charge < -0.3 is 24.8 Å². The van der Waals surface area contributed by atoms with Crippen molar-refractivity contribution >= 4 is 5.96 Å². The predicted octanol–water partition coefficient (Wildman–Crippen LogP) is 3.36. The summed E-state index contributed by atoms with van der Waals surface area (Å²) in [6, 6.07) is 13.7. The van der Waals surface area contributed by atoms with E-state index in [1.54, 1.807) is 7.11 Å². The molecule has 0 radical (unpaired) electrons. The van der Waals surface area contributed by atoms with Gasteiger partial charge in [-0.2, -0.15) is 0 Å². The van der Waals surface area contributed by atoms with E-state index in [1.165, 1.54) is 0 Å². The molecule has 0 saturated heterocycles. The molecule has 0 amide bonds. The molecule has 0 spiro atoms. The molecule has 0 aliphatic rings. The van der Waals surface area contributed by atoms with E-state index >= 15 is 0 Å². The lowest BCUT2D eigenvalue weighted by Gasteiger charge is -2.14. The molecule has 2 aromatic carbocycles. The van der Waals surface area contributed by atoms with Gasteiger partial charge >= 0.3 is 0 Å². The van der Waals surface area contributed by atoms with Crippen molar-refractivity contribution in [2.24, 2.45) is 4.99 Å². The maximum Gasteiger partial charge on any atom is 0.191 e. The predicted molar refractivity (Wildman–Crippen MR) is 117 cm³/mol. The first-order valence-electron chi connectivity index (χ1n) is 9.67. The van der Waals surface area contributed by atoms with Gasteiger partial charge in [-0.15, -0.1) is 6.42 Å². The van der Waals surface area contributed by atoms with Gasteiger partial charge in [0, 0.05) is 18.7 Å². The summed E-state index contributed by atoms with van der Waals surface area (Å²) in [4.78, 5) is 4.67. The summed E-state index contributed by atoms with van der Waals surface area (Å²) in [5, 5.41) is 6.62. The van der Waals surface area contributed by atoms with Gasteiger partial charge in [-0.05, 0) is 37.6 Å². The van der Waals surface area contributed by atoms with Gasteiger partial charge in [0.25, 0.3) is 0 Å². The van der Waals surface area contributed by atoms with E-state index in [2.05, 4.69) is 21.5 Å². The highest BCUT2D eigenvalue weighted by Crippen LogP contribution is 2.28. The lowest BCUT2D eigenvalue weighted by molar-refractivity contribution is 0.330. The monoisotopic (exact) mass is 395 g/mol. The molecular formula is C23H29N3O3. The van der Waals surface area contributed by atoms with Crippen LogP contribution >= 0.6 is 0 Å². The van der Waals surface area contributed by atoms with Gasteiger partial charge in [0.15, 0.2) is 17.5 Å². The van der Waals surface area contributed by atoms with E-state index in [9.17, 15) is 0 Å². The van der Waals surface area contributed by atoms with Gasteiger partial charge in [0.2, 0.25) is 0 Å². The second-order valence-corrected chi connectivity index (χ2v) is 6.07. The third-order valence-electron chi connectivity index (χ3n) is 4.02. The van der Waals surface area contributed by atoms with Crippen LogP contribution in [0.4, 0.5) is 0 Å². The number of hydrogen-bond acceptors (Lipinski definition) is 4. The summed E-state index contributed by atoms with van der Waals surface area (Å²) in [5.74, 6) is 5.32. The quantitative estimate of drug-likeness (QED) is 0.367. The van der Waals surface area contributed by atoms with Crippen LogP contribution in [0, 0.1) is 12.3 Å².